The van der Waals surface area contributed by atoms with E-state index in [-0.39, 0.29) is 30.7 Å². The molecule has 2 fully saturated rings. The van der Waals surface area contributed by atoms with Gasteiger partial charge in [-0.15, -0.1) is 24.8 Å². The van der Waals surface area contributed by atoms with Gasteiger partial charge in [0, 0.05) is 37.3 Å². The van der Waals surface area contributed by atoms with Gasteiger partial charge in [-0.3, -0.25) is 9.69 Å². The maximum atomic E-state index is 12.8. The first kappa shape index (κ1) is 20.2. The number of hydrogen-bond donors (Lipinski definition) is 1. The van der Waals surface area contributed by atoms with Gasteiger partial charge >= 0.3 is 0 Å². The number of halogens is 2. The second-order valence-corrected chi connectivity index (χ2v) is 6.35. The van der Waals surface area contributed by atoms with Crippen LogP contribution in [0.3, 0.4) is 0 Å². The molecule has 1 aromatic rings. The third-order valence-corrected chi connectivity index (χ3v) is 4.88. The Morgan fingerprint density at radius 1 is 1.17 bits per heavy atom. The standard InChI is InChI=1S/C17H25N3O.2ClH/c1-13-11-19-9-3-2-4-16(19)12-20(13)17(21)15-7-5-14(10-18)6-8-15;;/h5-8,13,16H,2-4,9-12,18H2,1H3;2*1H. The van der Waals surface area contributed by atoms with Crippen molar-refractivity contribution in [3.8, 4) is 0 Å². The number of hydrogen-bond acceptors (Lipinski definition) is 3. The minimum atomic E-state index is 0. The Hall–Kier alpha value is -0.810. The van der Waals surface area contributed by atoms with Gasteiger partial charge in [-0.25, -0.2) is 0 Å². The van der Waals surface area contributed by atoms with Crippen molar-refractivity contribution in [2.45, 2.75) is 44.8 Å². The molecule has 0 bridgehead atoms. The van der Waals surface area contributed by atoms with Gasteiger partial charge in [-0.05, 0) is 44.0 Å². The van der Waals surface area contributed by atoms with Crippen LogP contribution >= 0.6 is 24.8 Å². The Labute approximate surface area is 151 Å². The summed E-state index contributed by atoms with van der Waals surface area (Å²) in [6.07, 6.45) is 3.82. The maximum absolute atomic E-state index is 12.8. The molecule has 0 radical (unpaired) electrons. The fourth-order valence-corrected chi connectivity index (χ4v) is 3.58. The van der Waals surface area contributed by atoms with E-state index in [2.05, 4.69) is 16.7 Å². The molecule has 130 valence electrons. The zero-order chi connectivity index (χ0) is 14.8. The van der Waals surface area contributed by atoms with Crippen LogP contribution in [0.2, 0.25) is 0 Å². The second-order valence-electron chi connectivity index (χ2n) is 6.35. The summed E-state index contributed by atoms with van der Waals surface area (Å²) in [5.41, 5.74) is 7.46. The summed E-state index contributed by atoms with van der Waals surface area (Å²) in [6.45, 7) is 5.76. The number of rotatable bonds is 2. The van der Waals surface area contributed by atoms with Gasteiger partial charge in [0.1, 0.15) is 0 Å². The molecule has 0 aromatic heterocycles. The van der Waals surface area contributed by atoms with E-state index in [9.17, 15) is 4.79 Å². The number of fused-ring (bicyclic) bond motifs is 1. The van der Waals surface area contributed by atoms with Gasteiger partial charge in [0.2, 0.25) is 0 Å². The van der Waals surface area contributed by atoms with Gasteiger partial charge < -0.3 is 10.6 Å². The van der Waals surface area contributed by atoms with E-state index in [0.717, 1.165) is 24.2 Å². The van der Waals surface area contributed by atoms with E-state index in [1.54, 1.807) is 0 Å². The maximum Gasteiger partial charge on any atom is 0.254 e. The van der Waals surface area contributed by atoms with Crippen molar-refractivity contribution in [3.05, 3.63) is 35.4 Å². The van der Waals surface area contributed by atoms with Crippen LogP contribution in [0.4, 0.5) is 0 Å². The number of benzene rings is 1. The normalized spacial score (nSPS) is 24.2. The third-order valence-electron chi connectivity index (χ3n) is 4.88. The van der Waals surface area contributed by atoms with E-state index >= 15 is 0 Å². The Kier molecular flexibility index (Phi) is 7.81. The fourth-order valence-electron chi connectivity index (χ4n) is 3.58. The summed E-state index contributed by atoms with van der Waals surface area (Å²) in [4.78, 5) is 17.4. The smallest absolute Gasteiger partial charge is 0.254 e. The Balaban J connectivity index is 0.00000132. The van der Waals surface area contributed by atoms with Crippen LogP contribution in [-0.2, 0) is 6.54 Å². The van der Waals surface area contributed by atoms with E-state index in [0.29, 0.717) is 18.6 Å². The van der Waals surface area contributed by atoms with Crippen LogP contribution in [0.5, 0.6) is 0 Å². The zero-order valence-electron chi connectivity index (χ0n) is 13.6. The lowest BCUT2D eigenvalue weighted by Crippen LogP contribution is -2.60. The molecule has 2 heterocycles. The lowest BCUT2D eigenvalue weighted by Gasteiger charge is -2.47. The number of nitrogens with zero attached hydrogens (tertiary/aromatic N) is 2. The summed E-state index contributed by atoms with van der Waals surface area (Å²) in [5, 5.41) is 0. The first-order valence-electron chi connectivity index (χ1n) is 8.03. The summed E-state index contributed by atoms with van der Waals surface area (Å²) in [7, 11) is 0. The van der Waals surface area contributed by atoms with E-state index in [4.69, 9.17) is 5.73 Å². The van der Waals surface area contributed by atoms with E-state index in [1.807, 2.05) is 24.3 Å². The van der Waals surface area contributed by atoms with Crippen LogP contribution in [0.1, 0.15) is 42.1 Å². The van der Waals surface area contributed by atoms with Gasteiger partial charge in [0.25, 0.3) is 5.91 Å². The number of carbonyl (C=O) groups is 1. The summed E-state index contributed by atoms with van der Waals surface area (Å²) >= 11 is 0. The molecule has 0 aliphatic carbocycles. The summed E-state index contributed by atoms with van der Waals surface area (Å²) in [6, 6.07) is 8.57. The van der Waals surface area contributed by atoms with Crippen molar-refractivity contribution in [1.29, 1.82) is 0 Å². The lowest BCUT2D eigenvalue weighted by molar-refractivity contribution is 0.0151. The molecule has 2 N–H and O–H groups in total. The van der Waals surface area contributed by atoms with Crippen LogP contribution < -0.4 is 5.73 Å². The molecule has 4 nitrogen and oxygen atoms in total. The Morgan fingerprint density at radius 2 is 1.87 bits per heavy atom. The van der Waals surface area contributed by atoms with Crippen LogP contribution in [-0.4, -0.2) is 47.4 Å². The molecule has 6 heteroatoms. The minimum absolute atomic E-state index is 0. The number of nitrogens with two attached hydrogens (primary N) is 1. The topological polar surface area (TPSA) is 49.6 Å². The molecule has 2 aliphatic heterocycles. The highest BCUT2D eigenvalue weighted by Crippen LogP contribution is 2.25. The Bertz CT molecular complexity index is 509. The van der Waals surface area contributed by atoms with E-state index in [1.165, 1.54) is 25.8 Å². The lowest BCUT2D eigenvalue weighted by atomic mass is 9.96. The average Bonchev–Trinajstić information content (AvgIpc) is 2.53. The van der Waals surface area contributed by atoms with Crippen LogP contribution in [0.25, 0.3) is 0 Å². The quantitative estimate of drug-likeness (QED) is 0.882. The monoisotopic (exact) mass is 359 g/mol. The molecule has 1 amide bonds. The van der Waals surface area contributed by atoms with Crippen molar-refractivity contribution < 1.29 is 4.79 Å². The number of amides is 1. The number of piperazine rings is 1. The van der Waals surface area contributed by atoms with Gasteiger partial charge in [-0.1, -0.05) is 18.6 Å². The molecule has 1 aromatic carbocycles. The largest absolute Gasteiger partial charge is 0.333 e. The predicted molar refractivity (Wildman–Crippen MR) is 98.5 cm³/mol. The van der Waals surface area contributed by atoms with Crippen molar-refractivity contribution in [3.63, 3.8) is 0 Å². The average molecular weight is 360 g/mol. The fraction of sp³-hybridized carbons (Fsp3) is 0.588. The highest BCUT2D eigenvalue weighted by Gasteiger charge is 2.35. The zero-order valence-corrected chi connectivity index (χ0v) is 15.2. The Morgan fingerprint density at radius 3 is 2.52 bits per heavy atom. The summed E-state index contributed by atoms with van der Waals surface area (Å²) < 4.78 is 0. The van der Waals surface area contributed by atoms with Crippen molar-refractivity contribution in [2.75, 3.05) is 19.6 Å². The highest BCUT2D eigenvalue weighted by atomic mass is 35.5. The van der Waals surface area contributed by atoms with Gasteiger partial charge in [0.15, 0.2) is 0 Å². The van der Waals surface area contributed by atoms with Crippen LogP contribution in [0.15, 0.2) is 24.3 Å². The second kappa shape index (κ2) is 8.88. The minimum Gasteiger partial charge on any atom is -0.333 e. The first-order valence-corrected chi connectivity index (χ1v) is 8.03. The highest BCUT2D eigenvalue weighted by molar-refractivity contribution is 5.94. The van der Waals surface area contributed by atoms with Gasteiger partial charge in [-0.2, -0.15) is 0 Å². The van der Waals surface area contributed by atoms with Crippen molar-refractivity contribution >= 4 is 30.7 Å². The third kappa shape index (κ3) is 4.38. The molecule has 2 unspecified atom stereocenters. The molecule has 2 atom stereocenters. The van der Waals surface area contributed by atoms with Gasteiger partial charge in [0.05, 0.1) is 0 Å². The molecule has 2 saturated heterocycles. The SMILES string of the molecule is CC1CN2CCCCC2CN1C(=O)c1ccc(CN)cc1.Cl.Cl. The number of carbonyl (C=O) groups excluding carboxylic acids is 1. The van der Waals surface area contributed by atoms with Crippen LogP contribution in [0, 0.1) is 0 Å². The number of piperidine rings is 1. The molecule has 23 heavy (non-hydrogen) atoms. The molecular weight excluding hydrogens is 333 g/mol. The molecule has 2 aliphatic rings. The van der Waals surface area contributed by atoms with E-state index < -0.39 is 0 Å². The van der Waals surface area contributed by atoms with Crippen molar-refractivity contribution in [1.82, 2.24) is 9.80 Å². The van der Waals surface area contributed by atoms with Crippen molar-refractivity contribution in [2.24, 2.45) is 5.73 Å². The summed E-state index contributed by atoms with van der Waals surface area (Å²) in [5.74, 6) is 0.163. The molecule has 0 saturated carbocycles. The predicted octanol–water partition coefficient (Wildman–Crippen LogP) is 2.69. The molecule has 0 spiro atoms. The first-order chi connectivity index (χ1) is 10.2. The molecule has 3 rings (SSSR count). The molecular formula is C17H27Cl2N3O.